The van der Waals surface area contributed by atoms with Crippen molar-refractivity contribution in [1.82, 2.24) is 9.55 Å². The van der Waals surface area contributed by atoms with Crippen LogP contribution in [-0.2, 0) is 7.05 Å². The first-order valence-electron chi connectivity index (χ1n) is 4.17. The predicted octanol–water partition coefficient (Wildman–Crippen LogP) is -0.469. The van der Waals surface area contributed by atoms with Crippen LogP contribution < -0.4 is 5.46 Å². The Balaban J connectivity index is 2.84. The molecule has 2 aromatic rings. The van der Waals surface area contributed by atoms with E-state index < -0.39 is 24.2 Å². The number of aryl methyl sites for hydroxylation is 1. The van der Waals surface area contributed by atoms with Crippen molar-refractivity contribution in [3.8, 4) is 0 Å². The lowest BCUT2D eigenvalue weighted by atomic mass is 9.79. The zero-order chi connectivity index (χ0) is 11.2. The highest BCUT2D eigenvalue weighted by Crippen LogP contribution is 2.17. The van der Waals surface area contributed by atoms with Gasteiger partial charge in [0.15, 0.2) is 11.6 Å². The number of hydrogen-bond donors (Lipinski definition) is 2. The van der Waals surface area contributed by atoms with Gasteiger partial charge in [-0.2, -0.15) is 0 Å². The summed E-state index contributed by atoms with van der Waals surface area (Å²) in [6.45, 7) is 0. The summed E-state index contributed by atoms with van der Waals surface area (Å²) in [5.41, 5.74) is -0.338. The minimum atomic E-state index is -2.05. The number of halogens is 2. The average Bonchev–Trinajstić information content (AvgIpc) is 2.53. The molecule has 2 rings (SSSR count). The molecule has 78 valence electrons. The van der Waals surface area contributed by atoms with Crippen LogP contribution >= 0.6 is 0 Å². The summed E-state index contributed by atoms with van der Waals surface area (Å²) in [5.74, 6) is -2.39. The topological polar surface area (TPSA) is 58.3 Å². The van der Waals surface area contributed by atoms with E-state index in [0.717, 1.165) is 6.07 Å². The van der Waals surface area contributed by atoms with Gasteiger partial charge in [0, 0.05) is 12.5 Å². The van der Waals surface area contributed by atoms with Crippen molar-refractivity contribution in [2.24, 2.45) is 7.05 Å². The number of imidazole rings is 1. The van der Waals surface area contributed by atoms with Crippen molar-refractivity contribution in [3.63, 3.8) is 0 Å². The number of fused-ring (bicyclic) bond motifs is 1. The SMILES string of the molecule is Cn1cnc2cc(B(O)O)c(F)c(F)c21. The minimum Gasteiger partial charge on any atom is -0.423 e. The van der Waals surface area contributed by atoms with Crippen LogP contribution in [0.5, 0.6) is 0 Å². The first-order chi connectivity index (χ1) is 7.02. The van der Waals surface area contributed by atoms with Gasteiger partial charge < -0.3 is 14.6 Å². The molecule has 1 heterocycles. The molecule has 0 fully saturated rings. The average molecular weight is 212 g/mol. The Morgan fingerprint density at radius 3 is 2.60 bits per heavy atom. The maximum absolute atomic E-state index is 13.5. The van der Waals surface area contributed by atoms with Crippen molar-refractivity contribution in [2.75, 3.05) is 0 Å². The van der Waals surface area contributed by atoms with Crippen molar-refractivity contribution < 1.29 is 18.8 Å². The second kappa shape index (κ2) is 3.28. The van der Waals surface area contributed by atoms with E-state index in [1.54, 1.807) is 0 Å². The van der Waals surface area contributed by atoms with Crippen LogP contribution in [0, 0.1) is 11.6 Å². The molecule has 0 atom stereocenters. The van der Waals surface area contributed by atoms with Crippen molar-refractivity contribution in [2.45, 2.75) is 0 Å². The Morgan fingerprint density at radius 1 is 1.33 bits per heavy atom. The number of aromatic nitrogens is 2. The molecule has 0 spiro atoms. The fraction of sp³-hybridized carbons (Fsp3) is 0.125. The maximum Gasteiger partial charge on any atom is 0.491 e. The first kappa shape index (κ1) is 10.1. The molecular weight excluding hydrogens is 205 g/mol. The number of nitrogens with zero attached hydrogens (tertiary/aromatic N) is 2. The molecule has 0 amide bonds. The Bertz CT molecular complexity index is 527. The summed E-state index contributed by atoms with van der Waals surface area (Å²) in [7, 11) is -0.529. The highest BCUT2D eigenvalue weighted by atomic mass is 19.2. The lowest BCUT2D eigenvalue weighted by molar-refractivity contribution is 0.420. The quantitative estimate of drug-likeness (QED) is 0.628. The minimum absolute atomic E-state index is 0.00287. The van der Waals surface area contributed by atoms with Crippen LogP contribution in [0.4, 0.5) is 8.78 Å². The Kier molecular flexibility index (Phi) is 2.20. The number of hydrogen-bond acceptors (Lipinski definition) is 3. The second-order valence-electron chi connectivity index (χ2n) is 3.19. The molecule has 7 heteroatoms. The lowest BCUT2D eigenvalue weighted by Crippen LogP contribution is -2.33. The summed E-state index contributed by atoms with van der Waals surface area (Å²) in [6.07, 6.45) is 1.32. The van der Waals surface area contributed by atoms with Gasteiger partial charge in [0.2, 0.25) is 0 Å². The summed E-state index contributed by atoms with van der Waals surface area (Å²) >= 11 is 0. The summed E-state index contributed by atoms with van der Waals surface area (Å²) in [5, 5.41) is 17.6. The Morgan fingerprint density at radius 2 is 2.00 bits per heavy atom. The van der Waals surface area contributed by atoms with Crippen LogP contribution in [0.3, 0.4) is 0 Å². The van der Waals surface area contributed by atoms with Crippen LogP contribution in [-0.4, -0.2) is 26.7 Å². The molecule has 0 saturated carbocycles. The molecule has 0 saturated heterocycles. The Labute approximate surface area is 83.9 Å². The maximum atomic E-state index is 13.5. The molecule has 0 aliphatic carbocycles. The van der Waals surface area contributed by atoms with Gasteiger partial charge in [0.05, 0.1) is 11.8 Å². The first-order valence-corrected chi connectivity index (χ1v) is 4.17. The molecule has 1 aromatic heterocycles. The van der Waals surface area contributed by atoms with E-state index in [4.69, 9.17) is 10.0 Å². The summed E-state index contributed by atoms with van der Waals surface area (Å²) < 4.78 is 28.1. The lowest BCUT2D eigenvalue weighted by Gasteiger charge is -2.04. The standard InChI is InChI=1S/C8H7BF2N2O2/c1-13-3-12-5-2-4(9(14)15)6(10)7(11)8(5)13/h2-3,14-15H,1H3. The largest absolute Gasteiger partial charge is 0.491 e. The van der Waals surface area contributed by atoms with Gasteiger partial charge in [-0.1, -0.05) is 0 Å². The molecule has 1 aromatic carbocycles. The van der Waals surface area contributed by atoms with Gasteiger partial charge >= 0.3 is 7.12 Å². The number of rotatable bonds is 1. The van der Waals surface area contributed by atoms with Gasteiger partial charge in [-0.15, -0.1) is 0 Å². The van der Waals surface area contributed by atoms with E-state index in [1.165, 1.54) is 17.9 Å². The molecule has 15 heavy (non-hydrogen) atoms. The summed E-state index contributed by atoms with van der Waals surface area (Å²) in [6, 6.07) is 1.11. The van der Waals surface area contributed by atoms with Crippen LogP contribution in [0.25, 0.3) is 11.0 Å². The highest BCUT2D eigenvalue weighted by molar-refractivity contribution is 6.59. The third-order valence-corrected chi connectivity index (χ3v) is 2.19. The van der Waals surface area contributed by atoms with Gasteiger partial charge in [-0.3, -0.25) is 0 Å². The third kappa shape index (κ3) is 1.40. The molecule has 0 bridgehead atoms. The Hall–Kier alpha value is -1.47. The molecule has 0 aliphatic rings. The van der Waals surface area contributed by atoms with E-state index in [9.17, 15) is 8.78 Å². The second-order valence-corrected chi connectivity index (χ2v) is 3.19. The third-order valence-electron chi connectivity index (χ3n) is 2.19. The van der Waals surface area contributed by atoms with Crippen molar-refractivity contribution in [1.29, 1.82) is 0 Å². The van der Waals surface area contributed by atoms with E-state index >= 15 is 0 Å². The van der Waals surface area contributed by atoms with Crippen LogP contribution in [0.1, 0.15) is 0 Å². The fourth-order valence-electron chi connectivity index (χ4n) is 1.45. The molecule has 2 N–H and O–H groups in total. The number of benzene rings is 1. The van der Waals surface area contributed by atoms with Gasteiger partial charge in [-0.25, -0.2) is 13.8 Å². The van der Waals surface area contributed by atoms with Gasteiger partial charge in [0.25, 0.3) is 0 Å². The van der Waals surface area contributed by atoms with Crippen LogP contribution in [0.2, 0.25) is 0 Å². The van der Waals surface area contributed by atoms with E-state index in [2.05, 4.69) is 4.98 Å². The summed E-state index contributed by atoms with van der Waals surface area (Å²) in [4.78, 5) is 3.80. The van der Waals surface area contributed by atoms with Gasteiger partial charge in [0.1, 0.15) is 5.52 Å². The van der Waals surface area contributed by atoms with Crippen molar-refractivity contribution in [3.05, 3.63) is 24.0 Å². The predicted molar refractivity (Wildman–Crippen MR) is 50.5 cm³/mol. The smallest absolute Gasteiger partial charge is 0.423 e. The van der Waals surface area contributed by atoms with Crippen LogP contribution in [0.15, 0.2) is 12.4 Å². The molecule has 0 radical (unpaired) electrons. The molecule has 0 aliphatic heterocycles. The van der Waals surface area contributed by atoms with E-state index in [1.807, 2.05) is 0 Å². The molecule has 4 nitrogen and oxygen atoms in total. The highest BCUT2D eigenvalue weighted by Gasteiger charge is 2.23. The molecular formula is C8H7BF2N2O2. The van der Waals surface area contributed by atoms with Crippen molar-refractivity contribution >= 4 is 23.6 Å². The monoisotopic (exact) mass is 212 g/mol. The zero-order valence-electron chi connectivity index (χ0n) is 7.78. The van der Waals surface area contributed by atoms with Gasteiger partial charge in [-0.05, 0) is 6.07 Å². The zero-order valence-corrected chi connectivity index (χ0v) is 7.78. The van der Waals surface area contributed by atoms with E-state index in [0.29, 0.717) is 0 Å². The fourth-order valence-corrected chi connectivity index (χ4v) is 1.45. The van der Waals surface area contributed by atoms with E-state index in [-0.39, 0.29) is 11.0 Å². The normalized spacial score (nSPS) is 11.0. The molecule has 0 unspecified atom stereocenters.